The molecule has 306 valence electrons. The van der Waals surface area contributed by atoms with Gasteiger partial charge in [-0.05, 0) is 124 Å². The van der Waals surface area contributed by atoms with Gasteiger partial charge in [-0.25, -0.2) is 4.98 Å². The topological polar surface area (TPSA) is 50.9 Å². The summed E-state index contributed by atoms with van der Waals surface area (Å²) in [4.78, 5) is 10.4. The van der Waals surface area contributed by atoms with Crippen LogP contribution in [0.4, 0.5) is 0 Å². The largest absolute Gasteiger partial charge is 0.507 e. The zero-order valence-corrected chi connectivity index (χ0v) is 35.5. The Balaban J connectivity index is 1.37. The lowest BCUT2D eigenvalue weighted by Crippen LogP contribution is -2.13. The van der Waals surface area contributed by atoms with Crippen LogP contribution in [0.5, 0.6) is 5.75 Å². The molecule has 0 aliphatic rings. The quantitative estimate of drug-likeness (QED) is 0.174. The minimum Gasteiger partial charge on any atom is -0.507 e. The molecule has 7 aromatic carbocycles. The minimum absolute atomic E-state index is 0.0261. The Kier molecular flexibility index (Phi) is 7.86. The van der Waals surface area contributed by atoms with Crippen molar-refractivity contribution in [2.75, 3.05) is 0 Å². The molecule has 0 bridgehead atoms. The van der Waals surface area contributed by atoms with E-state index in [0.29, 0.717) is 44.8 Å². The summed E-state index contributed by atoms with van der Waals surface area (Å²) in [6.07, 6.45) is 1.82. The number of benzene rings is 7. The molecule has 2 heterocycles. The van der Waals surface area contributed by atoms with E-state index in [-0.39, 0.29) is 11.3 Å². The third-order valence-electron chi connectivity index (χ3n) is 11.5. The fraction of sp³-hybridized carbons (Fsp3) is 0.172. The first-order chi connectivity index (χ1) is 33.5. The van der Waals surface area contributed by atoms with Crippen molar-refractivity contribution in [1.82, 2.24) is 14.5 Å². The highest BCUT2D eigenvalue weighted by molar-refractivity contribution is 5.98. The molecule has 1 N–H and O–H groups in total. The van der Waals surface area contributed by atoms with Gasteiger partial charge >= 0.3 is 0 Å². The van der Waals surface area contributed by atoms with E-state index < -0.39 is 31.4 Å². The Bertz CT molecular complexity index is 3400. The van der Waals surface area contributed by atoms with Gasteiger partial charge in [0.1, 0.15) is 11.6 Å². The zero-order chi connectivity index (χ0) is 50.8. The third kappa shape index (κ3) is 7.74. The first-order valence-electron chi connectivity index (χ1n) is 25.3. The Labute approximate surface area is 378 Å². The van der Waals surface area contributed by atoms with Crippen LogP contribution >= 0.6 is 0 Å². The molecule has 4 nitrogen and oxygen atoms in total. The maximum atomic E-state index is 12.4. The van der Waals surface area contributed by atoms with Gasteiger partial charge in [-0.3, -0.25) is 9.55 Å². The molecule has 0 aliphatic heterocycles. The van der Waals surface area contributed by atoms with Gasteiger partial charge in [-0.1, -0.05) is 156 Å². The zero-order valence-electron chi connectivity index (χ0n) is 44.5. The summed E-state index contributed by atoms with van der Waals surface area (Å²) in [5.41, 5.74) is 8.89. The average Bonchev–Trinajstić information content (AvgIpc) is 3.71. The number of nitrogens with zero attached hydrogens (tertiary/aromatic N) is 3. The van der Waals surface area contributed by atoms with E-state index in [9.17, 15) is 5.11 Å². The Hall–Kier alpha value is -7.04. The lowest BCUT2D eigenvalue weighted by molar-refractivity contribution is 0.448. The summed E-state index contributed by atoms with van der Waals surface area (Å²) in [6.45, 7) is -0.367. The molecule has 0 amide bonds. The van der Waals surface area contributed by atoms with Crippen molar-refractivity contribution in [3.8, 4) is 78.6 Å². The number of rotatable bonds is 7. The van der Waals surface area contributed by atoms with Crippen LogP contribution in [-0.4, -0.2) is 19.6 Å². The van der Waals surface area contributed by atoms with Gasteiger partial charge in [-0.2, -0.15) is 0 Å². The monoisotopic (exact) mass is 816 g/mol. The van der Waals surface area contributed by atoms with Gasteiger partial charge in [0.05, 0.1) is 28.0 Å². The standard InChI is InChI=1S/C58H53N3O/c1-37-22-24-40(25-23-37)42-28-29-59-51(35-42)45-33-43(39-16-11-9-12-17-39)32-44(34-45)47-20-15-21-53-54(47)60-56(49-30-38(2)31-50(55(49)62)58(6,7)8)61(53)52-27-26-46(57(3,4)5)36-48(52)41-18-13-10-14-19-41/h9-36,62H,1-8H3/i3D3,4D3,5D3. The SMILES string of the molecule is [2H]C([2H])([2H])C(c1ccc(-n2c(-c3cc(C)cc(C(C)(C)C)c3O)nc3c(-c4cc(-c5ccccc5)cc(-c5cc(-c6ccc(C)cc6)ccn5)c4)cccc32)c(-c2ccccc2)c1)(C([2H])([2H])[2H])C([2H])([2H])[2H]. The molecular formula is C58H53N3O. The molecular weight excluding hydrogens is 755 g/mol. The predicted octanol–water partition coefficient (Wildman–Crippen LogP) is 15.3. The molecule has 62 heavy (non-hydrogen) atoms. The second-order valence-electron chi connectivity index (χ2n) is 17.2. The normalized spacial score (nSPS) is 14.7. The van der Waals surface area contributed by atoms with Crippen molar-refractivity contribution in [2.45, 2.75) is 66.0 Å². The summed E-state index contributed by atoms with van der Waals surface area (Å²) in [7, 11) is 0. The molecule has 0 unspecified atom stereocenters. The molecule has 9 aromatic rings. The molecule has 0 spiro atoms. The number of hydrogen-bond acceptors (Lipinski definition) is 3. The van der Waals surface area contributed by atoms with Gasteiger partial charge in [-0.15, -0.1) is 0 Å². The van der Waals surface area contributed by atoms with E-state index in [1.54, 1.807) is 30.3 Å². The van der Waals surface area contributed by atoms with Crippen molar-refractivity contribution in [3.63, 3.8) is 0 Å². The van der Waals surface area contributed by atoms with Crippen LogP contribution in [0.25, 0.3) is 83.9 Å². The highest BCUT2D eigenvalue weighted by Crippen LogP contribution is 2.45. The first kappa shape index (κ1) is 30.9. The van der Waals surface area contributed by atoms with Gasteiger partial charge in [0.25, 0.3) is 0 Å². The third-order valence-corrected chi connectivity index (χ3v) is 11.5. The molecule has 0 saturated carbocycles. The molecule has 9 rings (SSSR count). The van der Waals surface area contributed by atoms with Crippen molar-refractivity contribution in [1.29, 1.82) is 0 Å². The number of phenolic OH excluding ortho intramolecular Hbond substituents is 1. The number of phenols is 1. The lowest BCUT2D eigenvalue weighted by Gasteiger charge is -2.24. The summed E-state index contributed by atoms with van der Waals surface area (Å²) >= 11 is 0. The summed E-state index contributed by atoms with van der Waals surface area (Å²) in [5, 5.41) is 12.4. The molecule has 4 heteroatoms. The van der Waals surface area contributed by atoms with Crippen molar-refractivity contribution < 1.29 is 17.4 Å². The molecule has 0 saturated heterocycles. The molecule has 0 fully saturated rings. The van der Waals surface area contributed by atoms with Gasteiger partial charge in [0.2, 0.25) is 0 Å². The predicted molar refractivity (Wildman–Crippen MR) is 260 cm³/mol. The first-order valence-corrected chi connectivity index (χ1v) is 20.8. The van der Waals surface area contributed by atoms with Crippen molar-refractivity contribution in [3.05, 3.63) is 192 Å². The molecule has 2 aromatic heterocycles. The summed E-state index contributed by atoms with van der Waals surface area (Å²) in [5.74, 6) is 0.378. The minimum atomic E-state index is -3.48. The van der Waals surface area contributed by atoms with Crippen molar-refractivity contribution in [2.24, 2.45) is 0 Å². The molecule has 0 atom stereocenters. The Morgan fingerprint density at radius 2 is 1.19 bits per heavy atom. The van der Waals surface area contributed by atoms with Gasteiger partial charge in [0, 0.05) is 40.8 Å². The van der Waals surface area contributed by atoms with E-state index in [4.69, 9.17) is 22.3 Å². The maximum Gasteiger partial charge on any atom is 0.149 e. The number of aromatic hydroxyl groups is 1. The molecule has 0 radical (unpaired) electrons. The van der Waals surface area contributed by atoms with Gasteiger partial charge < -0.3 is 5.11 Å². The second-order valence-corrected chi connectivity index (χ2v) is 17.2. The number of para-hydroxylation sites is 1. The van der Waals surface area contributed by atoms with Crippen LogP contribution in [0.3, 0.4) is 0 Å². The smallest absolute Gasteiger partial charge is 0.149 e. The lowest BCUT2D eigenvalue weighted by atomic mass is 9.84. The fourth-order valence-electron chi connectivity index (χ4n) is 8.33. The Morgan fingerprint density at radius 1 is 0.516 bits per heavy atom. The number of pyridine rings is 1. The number of fused-ring (bicyclic) bond motifs is 1. The highest BCUT2D eigenvalue weighted by Gasteiger charge is 2.27. The number of aryl methyl sites for hydroxylation is 2. The van der Waals surface area contributed by atoms with E-state index in [1.807, 2.05) is 99.1 Å². The Morgan fingerprint density at radius 3 is 1.90 bits per heavy atom. The van der Waals surface area contributed by atoms with Crippen LogP contribution in [-0.2, 0) is 10.8 Å². The number of aromatic nitrogens is 3. The van der Waals surface area contributed by atoms with Crippen LogP contribution in [0, 0.1) is 13.8 Å². The van der Waals surface area contributed by atoms with E-state index in [0.717, 1.165) is 50.2 Å². The van der Waals surface area contributed by atoms with Crippen LogP contribution in [0.15, 0.2) is 170 Å². The average molecular weight is 817 g/mol. The summed E-state index contributed by atoms with van der Waals surface area (Å²) in [6, 6.07) is 51.9. The van der Waals surface area contributed by atoms with Crippen LogP contribution < -0.4 is 0 Å². The van der Waals surface area contributed by atoms with Crippen LogP contribution in [0.1, 0.15) is 75.9 Å². The van der Waals surface area contributed by atoms with E-state index in [1.165, 1.54) is 17.7 Å². The van der Waals surface area contributed by atoms with E-state index in [2.05, 4.69) is 67.6 Å². The number of hydrogen-bond donors (Lipinski definition) is 1. The second kappa shape index (κ2) is 15.8. The summed E-state index contributed by atoms with van der Waals surface area (Å²) < 4.78 is 79.2. The van der Waals surface area contributed by atoms with Gasteiger partial charge in [0.15, 0.2) is 0 Å². The van der Waals surface area contributed by atoms with E-state index >= 15 is 0 Å². The maximum absolute atomic E-state index is 12.4. The van der Waals surface area contributed by atoms with Crippen molar-refractivity contribution >= 4 is 11.0 Å². The fourth-order valence-corrected chi connectivity index (χ4v) is 8.33. The molecule has 0 aliphatic carbocycles. The highest BCUT2D eigenvalue weighted by atomic mass is 16.3. The van der Waals surface area contributed by atoms with Crippen LogP contribution in [0.2, 0.25) is 0 Å². The number of imidazole rings is 1.